The second-order valence-corrected chi connectivity index (χ2v) is 8.50. The minimum atomic E-state index is -1.12. The minimum absolute atomic E-state index is 0.0274. The molecule has 4 aromatic rings. The Balaban J connectivity index is 1.71. The number of fused-ring (bicyclic) bond motifs is 1. The first-order chi connectivity index (χ1) is 18.3. The van der Waals surface area contributed by atoms with E-state index >= 15 is 0 Å². The lowest BCUT2D eigenvalue weighted by molar-refractivity contribution is -0.132. The van der Waals surface area contributed by atoms with E-state index < -0.39 is 23.7 Å². The number of aromatic amines is 1. The highest BCUT2D eigenvalue weighted by Crippen LogP contribution is 2.42. The number of H-pyrrole nitrogens is 1. The van der Waals surface area contributed by atoms with E-state index in [9.17, 15) is 24.6 Å². The molecule has 1 atom stereocenters. The molecule has 0 saturated carbocycles. The van der Waals surface area contributed by atoms with Crippen molar-refractivity contribution in [2.75, 3.05) is 18.6 Å². The maximum Gasteiger partial charge on any atom is 0.335 e. The van der Waals surface area contributed by atoms with E-state index in [-0.39, 0.29) is 22.8 Å². The summed E-state index contributed by atoms with van der Waals surface area (Å²) in [6, 6.07) is 16.6. The number of hydrogen-bond donors (Lipinski definition) is 3. The van der Waals surface area contributed by atoms with Gasteiger partial charge in [0.2, 0.25) is 5.95 Å². The zero-order chi connectivity index (χ0) is 27.0. The number of ether oxygens (including phenoxy) is 2. The Morgan fingerprint density at radius 3 is 2.50 bits per heavy atom. The lowest BCUT2D eigenvalue weighted by Crippen LogP contribution is -2.30. The van der Waals surface area contributed by atoms with Crippen molar-refractivity contribution in [2.24, 2.45) is 0 Å². The Hall–Kier alpha value is -5.12. The number of anilines is 1. The third-order valence-corrected chi connectivity index (χ3v) is 6.22. The second-order valence-electron chi connectivity index (χ2n) is 8.50. The molecule has 3 aromatic carbocycles. The van der Waals surface area contributed by atoms with Crippen molar-refractivity contribution < 1.29 is 34.1 Å². The summed E-state index contributed by atoms with van der Waals surface area (Å²) in [5.41, 5.74) is 1.48. The SMILES string of the molecule is CCOc1cccc(/C(O)=C2\C(=O)C(=O)N(c3nc4ccc(C(=O)O)cc4[nH]3)C2c2cccc(OC)c2)c1. The molecule has 192 valence electrons. The summed E-state index contributed by atoms with van der Waals surface area (Å²) in [4.78, 5) is 46.8. The number of carbonyl (C=O) groups excluding carboxylic acids is 2. The number of carbonyl (C=O) groups is 3. The molecule has 10 heteroatoms. The van der Waals surface area contributed by atoms with Crippen LogP contribution in [-0.2, 0) is 9.59 Å². The van der Waals surface area contributed by atoms with Gasteiger partial charge >= 0.3 is 11.9 Å². The summed E-state index contributed by atoms with van der Waals surface area (Å²) >= 11 is 0. The van der Waals surface area contributed by atoms with E-state index in [0.29, 0.717) is 40.3 Å². The fourth-order valence-electron chi connectivity index (χ4n) is 4.48. The van der Waals surface area contributed by atoms with E-state index in [1.165, 1.54) is 25.3 Å². The van der Waals surface area contributed by atoms with Gasteiger partial charge in [0.25, 0.3) is 5.78 Å². The molecule has 0 radical (unpaired) electrons. The average molecular weight is 514 g/mol. The molecule has 1 amide bonds. The van der Waals surface area contributed by atoms with Crippen LogP contribution in [0.15, 0.2) is 72.3 Å². The van der Waals surface area contributed by atoms with E-state index in [4.69, 9.17) is 9.47 Å². The molecular weight excluding hydrogens is 490 g/mol. The highest BCUT2D eigenvalue weighted by Gasteiger charge is 2.48. The van der Waals surface area contributed by atoms with Gasteiger partial charge in [-0.15, -0.1) is 0 Å². The zero-order valence-electron chi connectivity index (χ0n) is 20.5. The van der Waals surface area contributed by atoms with Crippen molar-refractivity contribution in [1.82, 2.24) is 9.97 Å². The monoisotopic (exact) mass is 513 g/mol. The smallest absolute Gasteiger partial charge is 0.335 e. The lowest BCUT2D eigenvalue weighted by Gasteiger charge is -2.23. The molecule has 38 heavy (non-hydrogen) atoms. The summed E-state index contributed by atoms with van der Waals surface area (Å²) in [7, 11) is 1.49. The van der Waals surface area contributed by atoms with Crippen molar-refractivity contribution in [2.45, 2.75) is 13.0 Å². The van der Waals surface area contributed by atoms with Crippen LogP contribution < -0.4 is 14.4 Å². The Labute approximate surface area is 216 Å². The largest absolute Gasteiger partial charge is 0.507 e. The number of aliphatic hydroxyl groups is 1. The van der Waals surface area contributed by atoms with Gasteiger partial charge in [0, 0.05) is 5.56 Å². The number of Topliss-reactive ketones (excluding diaryl/α,β-unsaturated/α-hetero) is 1. The molecule has 0 spiro atoms. The lowest BCUT2D eigenvalue weighted by atomic mass is 9.95. The maximum absolute atomic E-state index is 13.4. The summed E-state index contributed by atoms with van der Waals surface area (Å²) in [5, 5.41) is 20.7. The average Bonchev–Trinajstić information content (AvgIpc) is 3.46. The predicted octanol–water partition coefficient (Wildman–Crippen LogP) is 4.29. The van der Waals surface area contributed by atoms with E-state index in [0.717, 1.165) is 4.90 Å². The highest BCUT2D eigenvalue weighted by molar-refractivity contribution is 6.51. The topological polar surface area (TPSA) is 142 Å². The van der Waals surface area contributed by atoms with Gasteiger partial charge in [0.1, 0.15) is 17.3 Å². The Kier molecular flexibility index (Phi) is 6.29. The Morgan fingerprint density at radius 1 is 1.00 bits per heavy atom. The molecule has 1 fully saturated rings. The number of hydrogen-bond acceptors (Lipinski definition) is 7. The number of carboxylic acid groups (broad SMARTS) is 1. The van der Waals surface area contributed by atoms with Crippen molar-refractivity contribution in [3.63, 3.8) is 0 Å². The Bertz CT molecular complexity index is 1620. The maximum atomic E-state index is 13.4. The molecule has 3 N–H and O–H groups in total. The number of aliphatic hydroxyl groups excluding tert-OH is 1. The fraction of sp³-hybridized carbons (Fsp3) is 0.143. The number of benzene rings is 3. The first kappa shape index (κ1) is 24.6. The first-order valence-electron chi connectivity index (χ1n) is 11.7. The number of ketones is 1. The summed E-state index contributed by atoms with van der Waals surface area (Å²) in [6.45, 7) is 2.24. The zero-order valence-corrected chi connectivity index (χ0v) is 20.5. The molecule has 2 heterocycles. The van der Waals surface area contributed by atoms with Crippen molar-refractivity contribution in [3.05, 3.63) is 89.0 Å². The number of amides is 1. The van der Waals surface area contributed by atoms with Crippen LogP contribution in [0, 0.1) is 0 Å². The van der Waals surface area contributed by atoms with Gasteiger partial charge in [-0.2, -0.15) is 0 Å². The first-order valence-corrected chi connectivity index (χ1v) is 11.7. The summed E-state index contributed by atoms with van der Waals surface area (Å²) < 4.78 is 10.9. The normalized spacial score (nSPS) is 16.7. The second kappa shape index (κ2) is 9.74. The van der Waals surface area contributed by atoms with Crippen LogP contribution in [0.3, 0.4) is 0 Å². The third kappa shape index (κ3) is 4.21. The number of carboxylic acids is 1. The van der Waals surface area contributed by atoms with Gasteiger partial charge in [-0.3, -0.25) is 14.5 Å². The number of nitrogens with zero attached hydrogens (tertiary/aromatic N) is 2. The van der Waals surface area contributed by atoms with Crippen molar-refractivity contribution >= 4 is 40.4 Å². The van der Waals surface area contributed by atoms with E-state index in [1.807, 2.05) is 6.92 Å². The number of methoxy groups -OCH3 is 1. The van der Waals surface area contributed by atoms with Crippen LogP contribution in [0.4, 0.5) is 5.95 Å². The van der Waals surface area contributed by atoms with Gasteiger partial charge in [-0.05, 0) is 55.0 Å². The van der Waals surface area contributed by atoms with Gasteiger partial charge in [0.05, 0.1) is 41.9 Å². The third-order valence-electron chi connectivity index (χ3n) is 6.22. The highest BCUT2D eigenvalue weighted by atomic mass is 16.5. The van der Waals surface area contributed by atoms with Gasteiger partial charge in [-0.25, -0.2) is 9.78 Å². The number of aromatic carboxylic acids is 1. The molecule has 1 aliphatic rings. The van der Waals surface area contributed by atoms with Gasteiger partial charge < -0.3 is 24.7 Å². The number of rotatable bonds is 7. The molecule has 5 rings (SSSR count). The number of nitrogens with one attached hydrogen (secondary N) is 1. The Morgan fingerprint density at radius 2 is 1.76 bits per heavy atom. The van der Waals surface area contributed by atoms with Crippen LogP contribution in [0.5, 0.6) is 11.5 Å². The standard InChI is InChI=1S/C28H23N3O7/c1-3-38-19-9-5-7-16(13-19)24(32)22-23(15-6-4-8-18(12-15)37-2)31(26(34)25(22)33)28-29-20-11-10-17(27(35)36)14-21(20)30-28/h4-14,23,32H,3H2,1-2H3,(H,29,30)(H,35,36)/b24-22+. The minimum Gasteiger partial charge on any atom is -0.507 e. The quantitative estimate of drug-likeness (QED) is 0.189. The molecule has 1 aliphatic heterocycles. The summed E-state index contributed by atoms with van der Waals surface area (Å²) in [5.74, 6) is -2.28. The van der Waals surface area contributed by atoms with Gasteiger partial charge in [0.15, 0.2) is 0 Å². The molecule has 0 bridgehead atoms. The van der Waals surface area contributed by atoms with Gasteiger partial charge in [-0.1, -0.05) is 24.3 Å². The van der Waals surface area contributed by atoms with Crippen LogP contribution in [0.2, 0.25) is 0 Å². The molecule has 1 aromatic heterocycles. The number of imidazole rings is 1. The molecule has 0 aliphatic carbocycles. The van der Waals surface area contributed by atoms with Crippen LogP contribution >= 0.6 is 0 Å². The molecule has 10 nitrogen and oxygen atoms in total. The van der Waals surface area contributed by atoms with Crippen LogP contribution in [0.1, 0.15) is 34.5 Å². The number of aromatic nitrogens is 2. The van der Waals surface area contributed by atoms with Crippen LogP contribution in [0.25, 0.3) is 16.8 Å². The summed E-state index contributed by atoms with van der Waals surface area (Å²) in [6.07, 6.45) is 0. The fourth-order valence-corrected chi connectivity index (χ4v) is 4.48. The van der Waals surface area contributed by atoms with Crippen molar-refractivity contribution in [1.29, 1.82) is 0 Å². The van der Waals surface area contributed by atoms with Crippen LogP contribution in [-0.4, -0.2) is 51.6 Å². The predicted molar refractivity (Wildman–Crippen MR) is 138 cm³/mol. The molecule has 1 saturated heterocycles. The van der Waals surface area contributed by atoms with E-state index in [2.05, 4.69) is 9.97 Å². The van der Waals surface area contributed by atoms with E-state index in [1.54, 1.807) is 48.5 Å². The molecule has 1 unspecified atom stereocenters. The van der Waals surface area contributed by atoms with Crippen molar-refractivity contribution in [3.8, 4) is 11.5 Å². The molecular formula is C28H23N3O7.